The minimum atomic E-state index is 0. The van der Waals surface area contributed by atoms with E-state index >= 15 is 0 Å². The molecule has 0 atom stereocenters. The van der Waals surface area contributed by atoms with E-state index in [1.54, 1.807) is 18.2 Å². The molecule has 0 aliphatic heterocycles. The zero-order valence-corrected chi connectivity index (χ0v) is 16.7. The number of phenolic OH excluding ortho intramolecular Hbond substituents is 1. The van der Waals surface area contributed by atoms with Crippen LogP contribution in [0.2, 0.25) is 0 Å². The Balaban J connectivity index is -0.00000161. The zero-order valence-electron chi connectivity index (χ0n) is 16.5. The third kappa shape index (κ3) is 9.90. The topological polar surface area (TPSA) is 58.6 Å². The van der Waals surface area contributed by atoms with Crippen LogP contribution < -0.4 is 10.1 Å². The predicted molar refractivity (Wildman–Crippen MR) is 96.9 cm³/mol. The third-order valence-corrected chi connectivity index (χ3v) is 3.28. The Morgan fingerprint density at radius 2 is 2.13 bits per heavy atom. The minimum absolute atomic E-state index is 0. The molecule has 0 aliphatic carbocycles. The molecule has 1 aromatic carbocycles. The van der Waals surface area contributed by atoms with Crippen molar-refractivity contribution in [2.45, 2.75) is 46.1 Å². The molecule has 0 aliphatic rings. The molecule has 0 heterocycles. The first-order valence-corrected chi connectivity index (χ1v) is 7.82. The van der Waals surface area contributed by atoms with E-state index in [0.717, 1.165) is 24.8 Å². The fraction of sp³-hybridized carbons (Fsp3) is 0.500. The summed E-state index contributed by atoms with van der Waals surface area (Å²) < 4.78 is 5.04. The van der Waals surface area contributed by atoms with E-state index in [2.05, 4.69) is 31.3 Å². The number of amides is 1. The Labute approximate surface area is 172 Å². The molecule has 0 radical (unpaired) electrons. The van der Waals surface area contributed by atoms with Gasteiger partial charge in [0.05, 0.1) is 7.11 Å². The van der Waals surface area contributed by atoms with Crippen LogP contribution >= 0.6 is 0 Å². The number of nitrogens with one attached hydrogen (secondary N) is 1. The van der Waals surface area contributed by atoms with E-state index in [1.165, 1.54) is 7.11 Å². The van der Waals surface area contributed by atoms with Gasteiger partial charge in [-0.3, -0.25) is 4.79 Å². The van der Waals surface area contributed by atoms with Crippen molar-refractivity contribution in [3.8, 4) is 11.5 Å². The van der Waals surface area contributed by atoms with E-state index in [-0.39, 0.29) is 52.2 Å². The fourth-order valence-electron chi connectivity index (χ4n) is 2.04. The van der Waals surface area contributed by atoms with E-state index in [1.807, 2.05) is 0 Å². The van der Waals surface area contributed by atoms with Crippen molar-refractivity contribution in [3.63, 3.8) is 0 Å². The molecule has 126 valence electrons. The van der Waals surface area contributed by atoms with Crippen LogP contribution in [0.1, 0.15) is 47.9 Å². The van der Waals surface area contributed by atoms with Gasteiger partial charge in [0.1, 0.15) is 0 Å². The van der Waals surface area contributed by atoms with Crippen LogP contribution in [-0.4, -0.2) is 55.9 Å². The normalized spacial score (nSPS) is 10.6. The second kappa shape index (κ2) is 12.7. The van der Waals surface area contributed by atoms with Crippen LogP contribution in [0.25, 0.3) is 0 Å². The smallest absolute Gasteiger partial charge is 1.00 e. The second-order valence-corrected chi connectivity index (χ2v) is 5.70. The summed E-state index contributed by atoms with van der Waals surface area (Å²) in [6.45, 7) is 4.76. The van der Waals surface area contributed by atoms with Gasteiger partial charge in [-0.05, 0) is 42.9 Å². The van der Waals surface area contributed by atoms with Gasteiger partial charge in [-0.15, -0.1) is 0 Å². The molecule has 1 rings (SSSR count). The van der Waals surface area contributed by atoms with E-state index in [9.17, 15) is 9.90 Å². The number of unbranched alkanes of at least 4 members (excludes halogenated alkanes) is 2. The molecule has 0 saturated heterocycles. The number of phenols is 1. The Kier molecular flexibility index (Phi) is 12.3. The van der Waals surface area contributed by atoms with Crippen molar-refractivity contribution in [1.29, 1.82) is 0 Å². The van der Waals surface area contributed by atoms with Crippen LogP contribution in [-0.2, 0) is 11.3 Å². The summed E-state index contributed by atoms with van der Waals surface area (Å²) in [5.74, 6) is 1.17. The van der Waals surface area contributed by atoms with Gasteiger partial charge < -0.3 is 18.0 Å². The molecular formula is C18H29CaNO3. The molecule has 0 bridgehead atoms. The van der Waals surface area contributed by atoms with Gasteiger partial charge in [0.15, 0.2) is 11.5 Å². The van der Waals surface area contributed by atoms with Crippen molar-refractivity contribution >= 4 is 43.6 Å². The predicted octanol–water partition coefficient (Wildman–Crippen LogP) is 3.63. The standard InChI is InChI=1S/C18H27NO3.Ca.2H/c1-14(2)8-6-4-5-7-9-18(21)19-13-15-10-11-16(20)17(12-15)22-3;;;/h6,8,10-12,14,20H,4-5,7,9,13H2,1-3H3,(H,19,21);;;/q;+2;2*-1. The van der Waals surface area contributed by atoms with Crippen molar-refractivity contribution in [2.75, 3.05) is 7.11 Å². The number of carbonyl (C=O) groups is 1. The first kappa shape index (κ1) is 22.3. The van der Waals surface area contributed by atoms with Crippen molar-refractivity contribution in [1.82, 2.24) is 5.32 Å². The van der Waals surface area contributed by atoms with Crippen molar-refractivity contribution in [2.24, 2.45) is 5.92 Å². The monoisotopic (exact) mass is 347 g/mol. The molecule has 1 aromatic rings. The Hall–Kier alpha value is -0.710. The number of aromatic hydroxyl groups is 1. The Morgan fingerprint density at radius 1 is 1.39 bits per heavy atom. The quantitative estimate of drug-likeness (QED) is 0.407. The van der Waals surface area contributed by atoms with E-state index < -0.39 is 0 Å². The molecule has 0 aromatic heterocycles. The molecule has 0 unspecified atom stereocenters. The molecule has 23 heavy (non-hydrogen) atoms. The van der Waals surface area contributed by atoms with Crippen LogP contribution in [0, 0.1) is 5.92 Å². The van der Waals surface area contributed by atoms with Gasteiger partial charge in [-0.1, -0.05) is 32.1 Å². The summed E-state index contributed by atoms with van der Waals surface area (Å²) in [4.78, 5) is 11.8. The number of hydrogen-bond acceptors (Lipinski definition) is 3. The summed E-state index contributed by atoms with van der Waals surface area (Å²) in [6.07, 6.45) is 7.88. The molecule has 0 fully saturated rings. The fourth-order valence-corrected chi connectivity index (χ4v) is 2.04. The van der Waals surface area contributed by atoms with Gasteiger partial charge in [0.2, 0.25) is 5.91 Å². The average Bonchev–Trinajstić information content (AvgIpc) is 2.49. The second-order valence-electron chi connectivity index (χ2n) is 5.70. The van der Waals surface area contributed by atoms with Crippen molar-refractivity contribution < 1.29 is 17.5 Å². The summed E-state index contributed by atoms with van der Waals surface area (Å²) in [5.41, 5.74) is 0.905. The minimum Gasteiger partial charge on any atom is -1.00 e. The SMILES string of the molecule is COc1cc(CNC(=O)CCCCC=CC(C)C)ccc1O.[Ca+2].[H-].[H-]. The summed E-state index contributed by atoms with van der Waals surface area (Å²) in [5, 5.41) is 12.4. The number of hydrogen-bond donors (Lipinski definition) is 2. The maximum Gasteiger partial charge on any atom is 2.00 e. The van der Waals surface area contributed by atoms with Gasteiger partial charge in [0, 0.05) is 13.0 Å². The Morgan fingerprint density at radius 3 is 2.78 bits per heavy atom. The summed E-state index contributed by atoms with van der Waals surface area (Å²) in [7, 11) is 1.51. The van der Waals surface area contributed by atoms with Crippen LogP contribution in [0.15, 0.2) is 30.4 Å². The van der Waals surface area contributed by atoms with Gasteiger partial charge in [-0.2, -0.15) is 0 Å². The number of allylic oxidation sites excluding steroid dienone is 2. The molecule has 0 saturated carbocycles. The molecule has 4 nitrogen and oxygen atoms in total. The third-order valence-electron chi connectivity index (χ3n) is 3.28. The molecular weight excluding hydrogens is 318 g/mol. The van der Waals surface area contributed by atoms with Crippen LogP contribution in [0.5, 0.6) is 11.5 Å². The maximum absolute atomic E-state index is 11.8. The molecule has 5 heteroatoms. The molecule has 0 spiro atoms. The number of methoxy groups -OCH3 is 1. The van der Waals surface area contributed by atoms with E-state index in [0.29, 0.717) is 24.6 Å². The van der Waals surface area contributed by atoms with Crippen molar-refractivity contribution in [3.05, 3.63) is 35.9 Å². The first-order chi connectivity index (χ1) is 10.5. The summed E-state index contributed by atoms with van der Waals surface area (Å²) in [6, 6.07) is 5.07. The molecule has 2 N–H and O–H groups in total. The molecule has 1 amide bonds. The Bertz CT molecular complexity index is 511. The number of carbonyl (C=O) groups excluding carboxylic acids is 1. The van der Waals surface area contributed by atoms with Crippen LogP contribution in [0.4, 0.5) is 0 Å². The number of rotatable bonds is 9. The average molecular weight is 348 g/mol. The van der Waals surface area contributed by atoms with Gasteiger partial charge >= 0.3 is 37.7 Å². The van der Waals surface area contributed by atoms with Gasteiger partial charge in [0.25, 0.3) is 0 Å². The van der Waals surface area contributed by atoms with Crippen LogP contribution in [0.3, 0.4) is 0 Å². The maximum atomic E-state index is 11.8. The largest absolute Gasteiger partial charge is 2.00 e. The van der Waals surface area contributed by atoms with Gasteiger partial charge in [-0.25, -0.2) is 0 Å². The number of ether oxygens (including phenoxy) is 1. The number of benzene rings is 1. The van der Waals surface area contributed by atoms with E-state index in [4.69, 9.17) is 4.74 Å². The summed E-state index contributed by atoms with van der Waals surface area (Å²) >= 11 is 0. The first-order valence-electron chi connectivity index (χ1n) is 7.82. The zero-order chi connectivity index (χ0) is 16.4.